The summed E-state index contributed by atoms with van der Waals surface area (Å²) in [6.45, 7) is 5.60. The lowest BCUT2D eigenvalue weighted by molar-refractivity contribution is 0.551. The van der Waals surface area contributed by atoms with Crippen LogP contribution in [0.5, 0.6) is 0 Å². The Kier molecular flexibility index (Phi) is 4.27. The maximum atomic E-state index is 13.4. The predicted molar refractivity (Wildman–Crippen MR) is 69.5 cm³/mol. The fraction of sp³-hybridized carbons (Fsp3) is 0.357. The first-order valence-corrected chi connectivity index (χ1v) is 6.28. The van der Waals surface area contributed by atoms with Gasteiger partial charge in [-0.05, 0) is 38.1 Å². The fourth-order valence-corrected chi connectivity index (χ4v) is 2.02. The van der Waals surface area contributed by atoms with Gasteiger partial charge in [0.15, 0.2) is 0 Å². The van der Waals surface area contributed by atoms with Crippen LogP contribution in [0.15, 0.2) is 24.3 Å². The molecule has 3 nitrogen and oxygen atoms in total. The van der Waals surface area contributed by atoms with Crippen molar-refractivity contribution in [2.24, 2.45) is 0 Å². The smallest absolute Gasteiger partial charge is 0.127 e. The Balaban J connectivity index is 1.98. The second-order valence-corrected chi connectivity index (χ2v) is 4.43. The van der Waals surface area contributed by atoms with Gasteiger partial charge in [0.05, 0.1) is 11.4 Å². The highest BCUT2D eigenvalue weighted by Crippen LogP contribution is 2.10. The zero-order valence-electron chi connectivity index (χ0n) is 11.1. The van der Waals surface area contributed by atoms with Crippen LogP contribution >= 0.6 is 0 Å². The molecule has 0 aliphatic rings. The van der Waals surface area contributed by atoms with Crippen LogP contribution in [-0.2, 0) is 19.6 Å². The topological polar surface area (TPSA) is 29.9 Å². The number of benzene rings is 1. The van der Waals surface area contributed by atoms with E-state index in [0.29, 0.717) is 12.1 Å². The van der Waals surface area contributed by atoms with E-state index in [1.165, 1.54) is 6.07 Å². The monoisotopic (exact) mass is 265 g/mol. The molecule has 0 amide bonds. The molecule has 0 atom stereocenters. The van der Waals surface area contributed by atoms with Crippen LogP contribution in [0.3, 0.4) is 0 Å². The summed E-state index contributed by atoms with van der Waals surface area (Å²) in [5.74, 6) is -0.818. The van der Waals surface area contributed by atoms with Gasteiger partial charge in [-0.2, -0.15) is 5.10 Å². The van der Waals surface area contributed by atoms with Crippen molar-refractivity contribution in [3.05, 3.63) is 52.9 Å². The third-order valence-electron chi connectivity index (χ3n) is 2.91. The minimum absolute atomic E-state index is 0.289. The second kappa shape index (κ2) is 5.93. The second-order valence-electron chi connectivity index (χ2n) is 4.43. The van der Waals surface area contributed by atoms with Gasteiger partial charge in [0.2, 0.25) is 0 Å². The molecule has 19 heavy (non-hydrogen) atoms. The Morgan fingerprint density at radius 3 is 2.74 bits per heavy atom. The fourth-order valence-electron chi connectivity index (χ4n) is 2.02. The highest BCUT2D eigenvalue weighted by Gasteiger charge is 2.06. The minimum Gasteiger partial charge on any atom is -0.307 e. The van der Waals surface area contributed by atoms with Crippen LogP contribution in [-0.4, -0.2) is 9.78 Å². The Hall–Kier alpha value is -1.75. The molecule has 102 valence electrons. The molecule has 0 unspecified atom stereocenters. The molecule has 0 aliphatic carbocycles. The van der Waals surface area contributed by atoms with Crippen molar-refractivity contribution in [1.82, 2.24) is 15.1 Å². The summed E-state index contributed by atoms with van der Waals surface area (Å²) in [6.07, 6.45) is 0. The van der Waals surface area contributed by atoms with E-state index >= 15 is 0 Å². The number of aromatic nitrogens is 2. The molecular weight excluding hydrogens is 248 g/mol. The van der Waals surface area contributed by atoms with E-state index < -0.39 is 11.6 Å². The molecule has 2 rings (SSSR count). The van der Waals surface area contributed by atoms with Crippen molar-refractivity contribution in [2.45, 2.75) is 33.5 Å². The highest BCUT2D eigenvalue weighted by atomic mass is 19.1. The molecule has 0 spiro atoms. The van der Waals surface area contributed by atoms with Crippen molar-refractivity contribution >= 4 is 0 Å². The third-order valence-corrected chi connectivity index (χ3v) is 2.91. The molecular formula is C14H17F2N3. The van der Waals surface area contributed by atoms with Gasteiger partial charge >= 0.3 is 0 Å². The maximum absolute atomic E-state index is 13.4. The molecule has 0 bridgehead atoms. The summed E-state index contributed by atoms with van der Waals surface area (Å²) in [4.78, 5) is 0. The lowest BCUT2D eigenvalue weighted by Crippen LogP contribution is -2.17. The number of halogens is 2. The average Bonchev–Trinajstić information content (AvgIpc) is 2.74. The Labute approximate surface area is 111 Å². The average molecular weight is 265 g/mol. The molecule has 0 aliphatic heterocycles. The van der Waals surface area contributed by atoms with Gasteiger partial charge in [0.25, 0.3) is 0 Å². The highest BCUT2D eigenvalue weighted by molar-refractivity contribution is 5.18. The summed E-state index contributed by atoms with van der Waals surface area (Å²) < 4.78 is 28.3. The van der Waals surface area contributed by atoms with Gasteiger partial charge in [-0.1, -0.05) is 0 Å². The van der Waals surface area contributed by atoms with Crippen molar-refractivity contribution in [3.63, 3.8) is 0 Å². The van der Waals surface area contributed by atoms with Gasteiger partial charge in [-0.25, -0.2) is 8.78 Å². The molecule has 0 saturated heterocycles. The molecule has 0 radical (unpaired) electrons. The Morgan fingerprint density at radius 2 is 2.00 bits per heavy atom. The SMILES string of the molecule is CCn1nc(C)cc1CNCc1cc(F)ccc1F. The minimum atomic E-state index is -0.423. The third kappa shape index (κ3) is 3.38. The molecule has 2 aromatic rings. The van der Waals surface area contributed by atoms with Gasteiger partial charge in [-0.15, -0.1) is 0 Å². The number of nitrogens with zero attached hydrogens (tertiary/aromatic N) is 2. The van der Waals surface area contributed by atoms with Crippen molar-refractivity contribution < 1.29 is 8.78 Å². The van der Waals surface area contributed by atoms with Crippen LogP contribution in [0, 0.1) is 18.6 Å². The predicted octanol–water partition coefficient (Wildman–Crippen LogP) is 2.78. The molecule has 0 saturated carbocycles. The van der Waals surface area contributed by atoms with E-state index in [-0.39, 0.29) is 6.54 Å². The Bertz CT molecular complexity index is 564. The summed E-state index contributed by atoms with van der Waals surface area (Å²) >= 11 is 0. The zero-order valence-corrected chi connectivity index (χ0v) is 11.1. The van der Waals surface area contributed by atoms with E-state index in [4.69, 9.17) is 0 Å². The van der Waals surface area contributed by atoms with E-state index in [1.807, 2.05) is 24.6 Å². The quantitative estimate of drug-likeness (QED) is 0.901. The summed E-state index contributed by atoms with van der Waals surface area (Å²) in [5.41, 5.74) is 2.33. The first-order chi connectivity index (χ1) is 9.10. The Morgan fingerprint density at radius 1 is 1.21 bits per heavy atom. The number of hydrogen-bond donors (Lipinski definition) is 1. The van der Waals surface area contributed by atoms with Gasteiger partial charge in [0, 0.05) is 25.2 Å². The number of nitrogens with one attached hydrogen (secondary N) is 1. The van der Waals surface area contributed by atoms with E-state index in [2.05, 4.69) is 10.4 Å². The lowest BCUT2D eigenvalue weighted by Gasteiger charge is -2.07. The lowest BCUT2D eigenvalue weighted by atomic mass is 10.2. The van der Waals surface area contributed by atoms with Crippen LogP contribution in [0.25, 0.3) is 0 Å². The van der Waals surface area contributed by atoms with Crippen LogP contribution < -0.4 is 5.32 Å². The zero-order chi connectivity index (χ0) is 13.8. The molecule has 0 fully saturated rings. The first kappa shape index (κ1) is 13.7. The molecule has 1 aromatic heterocycles. The van der Waals surface area contributed by atoms with Gasteiger partial charge in [-0.3, -0.25) is 4.68 Å². The normalized spacial score (nSPS) is 10.9. The molecule has 1 aromatic carbocycles. The van der Waals surface area contributed by atoms with Crippen molar-refractivity contribution in [2.75, 3.05) is 0 Å². The molecule has 5 heteroatoms. The number of rotatable bonds is 5. The summed E-state index contributed by atoms with van der Waals surface area (Å²) in [5, 5.41) is 7.44. The van der Waals surface area contributed by atoms with Crippen LogP contribution in [0.2, 0.25) is 0 Å². The number of aryl methyl sites for hydroxylation is 2. The van der Waals surface area contributed by atoms with Crippen molar-refractivity contribution in [3.8, 4) is 0 Å². The summed E-state index contributed by atoms with van der Waals surface area (Å²) in [6, 6.07) is 5.46. The van der Waals surface area contributed by atoms with E-state index in [9.17, 15) is 8.78 Å². The molecule has 1 heterocycles. The van der Waals surface area contributed by atoms with Gasteiger partial charge in [0.1, 0.15) is 11.6 Å². The number of hydrogen-bond acceptors (Lipinski definition) is 2. The van der Waals surface area contributed by atoms with Gasteiger partial charge < -0.3 is 5.32 Å². The standard InChI is InChI=1S/C14H17F2N3/c1-3-19-13(6-10(2)18-19)9-17-8-11-7-12(15)4-5-14(11)16/h4-7,17H,3,8-9H2,1-2H3. The summed E-state index contributed by atoms with van der Waals surface area (Å²) in [7, 11) is 0. The maximum Gasteiger partial charge on any atom is 0.127 e. The van der Waals surface area contributed by atoms with Crippen LogP contribution in [0.1, 0.15) is 23.9 Å². The largest absolute Gasteiger partial charge is 0.307 e. The van der Waals surface area contributed by atoms with E-state index in [1.54, 1.807) is 0 Å². The van der Waals surface area contributed by atoms with E-state index in [0.717, 1.165) is 30.1 Å². The van der Waals surface area contributed by atoms with Crippen LogP contribution in [0.4, 0.5) is 8.78 Å². The van der Waals surface area contributed by atoms with Crippen molar-refractivity contribution in [1.29, 1.82) is 0 Å². The molecule has 1 N–H and O–H groups in total. The first-order valence-electron chi connectivity index (χ1n) is 6.28.